The Bertz CT molecular complexity index is 115. The van der Waals surface area contributed by atoms with Gasteiger partial charge in [-0.1, -0.05) is 13.0 Å². The zero-order valence-electron chi connectivity index (χ0n) is 9.01. The minimum atomic E-state index is 0.592. The summed E-state index contributed by atoms with van der Waals surface area (Å²) in [6.45, 7) is 10.6. The molecule has 1 unspecified atom stereocenters. The van der Waals surface area contributed by atoms with Crippen LogP contribution >= 0.6 is 0 Å². The summed E-state index contributed by atoms with van der Waals surface area (Å²) >= 11 is 0. The van der Waals surface area contributed by atoms with Crippen LogP contribution in [0.25, 0.3) is 0 Å². The van der Waals surface area contributed by atoms with Crippen molar-refractivity contribution >= 4 is 0 Å². The first-order valence-corrected chi connectivity index (χ1v) is 5.27. The Morgan fingerprint density at radius 2 is 2.15 bits per heavy atom. The van der Waals surface area contributed by atoms with Gasteiger partial charge in [0.1, 0.15) is 0 Å². The van der Waals surface area contributed by atoms with Gasteiger partial charge in [0.05, 0.1) is 0 Å². The van der Waals surface area contributed by atoms with Crippen molar-refractivity contribution in [3.05, 3.63) is 12.7 Å². The third-order valence-electron chi connectivity index (χ3n) is 2.03. The van der Waals surface area contributed by atoms with Gasteiger partial charge in [0, 0.05) is 19.3 Å². The van der Waals surface area contributed by atoms with Gasteiger partial charge in [-0.25, -0.2) is 0 Å². The fourth-order valence-corrected chi connectivity index (χ4v) is 1.33. The Balaban J connectivity index is 3.46. The SMILES string of the molecule is C=CCCC(CCOCC)NCC. The van der Waals surface area contributed by atoms with Crippen LogP contribution in [-0.4, -0.2) is 25.8 Å². The van der Waals surface area contributed by atoms with Gasteiger partial charge in [0.15, 0.2) is 0 Å². The summed E-state index contributed by atoms with van der Waals surface area (Å²) in [6, 6.07) is 0.592. The smallest absolute Gasteiger partial charge is 0.0480 e. The number of rotatable bonds is 9. The van der Waals surface area contributed by atoms with Gasteiger partial charge in [-0.15, -0.1) is 6.58 Å². The molecule has 1 N–H and O–H groups in total. The van der Waals surface area contributed by atoms with E-state index in [0.717, 1.165) is 32.6 Å². The molecular formula is C11H23NO. The van der Waals surface area contributed by atoms with Gasteiger partial charge < -0.3 is 10.1 Å². The molecule has 0 fully saturated rings. The predicted octanol–water partition coefficient (Wildman–Crippen LogP) is 2.36. The van der Waals surface area contributed by atoms with Gasteiger partial charge in [-0.05, 0) is 32.7 Å². The molecule has 2 heteroatoms. The van der Waals surface area contributed by atoms with Gasteiger partial charge in [0.25, 0.3) is 0 Å². The average Bonchev–Trinajstić information content (AvgIpc) is 2.14. The van der Waals surface area contributed by atoms with Crippen LogP contribution in [-0.2, 0) is 4.74 Å². The standard InChI is InChI=1S/C11H23NO/c1-4-7-8-11(12-5-2)9-10-13-6-3/h4,11-12H,1,5-10H2,2-3H3. The maximum Gasteiger partial charge on any atom is 0.0480 e. The molecule has 0 aliphatic carbocycles. The van der Waals surface area contributed by atoms with E-state index in [2.05, 4.69) is 18.8 Å². The molecule has 2 nitrogen and oxygen atoms in total. The third kappa shape index (κ3) is 8.00. The first-order chi connectivity index (χ1) is 6.35. The van der Waals surface area contributed by atoms with Crippen molar-refractivity contribution in [2.24, 2.45) is 0 Å². The zero-order valence-corrected chi connectivity index (χ0v) is 9.01. The van der Waals surface area contributed by atoms with Crippen LogP contribution in [0.1, 0.15) is 33.1 Å². The van der Waals surface area contributed by atoms with E-state index in [1.165, 1.54) is 6.42 Å². The first-order valence-electron chi connectivity index (χ1n) is 5.27. The summed E-state index contributed by atoms with van der Waals surface area (Å²) in [4.78, 5) is 0. The average molecular weight is 185 g/mol. The van der Waals surface area contributed by atoms with E-state index in [1.54, 1.807) is 0 Å². The molecule has 13 heavy (non-hydrogen) atoms. The molecular weight excluding hydrogens is 162 g/mol. The second kappa shape index (κ2) is 9.75. The highest BCUT2D eigenvalue weighted by Gasteiger charge is 2.04. The Hall–Kier alpha value is -0.340. The van der Waals surface area contributed by atoms with Crippen molar-refractivity contribution in [3.63, 3.8) is 0 Å². The van der Waals surface area contributed by atoms with E-state index >= 15 is 0 Å². The van der Waals surface area contributed by atoms with E-state index in [4.69, 9.17) is 4.74 Å². The highest BCUT2D eigenvalue weighted by Crippen LogP contribution is 2.02. The van der Waals surface area contributed by atoms with E-state index in [1.807, 2.05) is 13.0 Å². The van der Waals surface area contributed by atoms with Crippen molar-refractivity contribution in [2.75, 3.05) is 19.8 Å². The van der Waals surface area contributed by atoms with E-state index in [-0.39, 0.29) is 0 Å². The van der Waals surface area contributed by atoms with Gasteiger partial charge in [-0.2, -0.15) is 0 Å². The van der Waals surface area contributed by atoms with Crippen molar-refractivity contribution in [3.8, 4) is 0 Å². The van der Waals surface area contributed by atoms with Crippen LogP contribution in [0.3, 0.4) is 0 Å². The summed E-state index contributed by atoms with van der Waals surface area (Å²) < 4.78 is 5.32. The number of nitrogens with one attached hydrogen (secondary N) is 1. The van der Waals surface area contributed by atoms with Crippen molar-refractivity contribution in [1.82, 2.24) is 5.32 Å². The summed E-state index contributed by atoms with van der Waals surface area (Å²) in [5, 5.41) is 3.45. The molecule has 0 saturated heterocycles. The summed E-state index contributed by atoms with van der Waals surface area (Å²) in [7, 11) is 0. The van der Waals surface area contributed by atoms with Crippen LogP contribution < -0.4 is 5.32 Å². The Kier molecular flexibility index (Phi) is 9.49. The second-order valence-electron chi connectivity index (χ2n) is 3.11. The molecule has 0 amide bonds. The second-order valence-corrected chi connectivity index (χ2v) is 3.11. The molecule has 0 radical (unpaired) electrons. The Morgan fingerprint density at radius 3 is 2.69 bits per heavy atom. The number of hydrogen-bond donors (Lipinski definition) is 1. The molecule has 0 bridgehead atoms. The molecule has 0 heterocycles. The van der Waals surface area contributed by atoms with Gasteiger partial charge in [-0.3, -0.25) is 0 Å². The van der Waals surface area contributed by atoms with Crippen molar-refractivity contribution < 1.29 is 4.74 Å². The third-order valence-corrected chi connectivity index (χ3v) is 2.03. The van der Waals surface area contributed by atoms with Crippen LogP contribution in [0.4, 0.5) is 0 Å². The van der Waals surface area contributed by atoms with Crippen molar-refractivity contribution in [1.29, 1.82) is 0 Å². The van der Waals surface area contributed by atoms with E-state index in [0.29, 0.717) is 6.04 Å². The number of hydrogen-bond acceptors (Lipinski definition) is 2. The van der Waals surface area contributed by atoms with Crippen LogP contribution in [0, 0.1) is 0 Å². The topological polar surface area (TPSA) is 21.3 Å². The van der Waals surface area contributed by atoms with E-state index < -0.39 is 0 Å². The quantitative estimate of drug-likeness (QED) is 0.440. The summed E-state index contributed by atoms with van der Waals surface area (Å²) in [6.07, 6.45) is 5.34. The highest BCUT2D eigenvalue weighted by atomic mass is 16.5. The van der Waals surface area contributed by atoms with Crippen LogP contribution in [0.2, 0.25) is 0 Å². The Labute approximate surface area is 82.4 Å². The molecule has 0 aromatic heterocycles. The molecule has 0 aliphatic heterocycles. The van der Waals surface area contributed by atoms with Crippen LogP contribution in [0.15, 0.2) is 12.7 Å². The first kappa shape index (κ1) is 12.7. The minimum Gasteiger partial charge on any atom is -0.382 e. The lowest BCUT2D eigenvalue weighted by molar-refractivity contribution is 0.135. The lowest BCUT2D eigenvalue weighted by atomic mass is 10.1. The number of ether oxygens (including phenoxy) is 1. The highest BCUT2D eigenvalue weighted by molar-refractivity contribution is 4.73. The minimum absolute atomic E-state index is 0.592. The molecule has 0 spiro atoms. The largest absolute Gasteiger partial charge is 0.382 e. The summed E-state index contributed by atoms with van der Waals surface area (Å²) in [5.74, 6) is 0. The van der Waals surface area contributed by atoms with Gasteiger partial charge >= 0.3 is 0 Å². The fourth-order valence-electron chi connectivity index (χ4n) is 1.33. The number of allylic oxidation sites excluding steroid dienone is 1. The lowest BCUT2D eigenvalue weighted by Crippen LogP contribution is -2.29. The zero-order chi connectivity index (χ0) is 9.94. The van der Waals surface area contributed by atoms with Gasteiger partial charge in [0.2, 0.25) is 0 Å². The maximum absolute atomic E-state index is 5.32. The van der Waals surface area contributed by atoms with E-state index in [9.17, 15) is 0 Å². The molecule has 0 aromatic rings. The normalized spacial score (nSPS) is 12.8. The fraction of sp³-hybridized carbons (Fsp3) is 0.818. The van der Waals surface area contributed by atoms with Crippen LogP contribution in [0.5, 0.6) is 0 Å². The Morgan fingerprint density at radius 1 is 1.38 bits per heavy atom. The molecule has 78 valence electrons. The predicted molar refractivity (Wildman–Crippen MR) is 58.0 cm³/mol. The molecule has 0 aromatic carbocycles. The maximum atomic E-state index is 5.32. The molecule has 1 atom stereocenters. The molecule has 0 saturated carbocycles. The monoisotopic (exact) mass is 185 g/mol. The lowest BCUT2D eigenvalue weighted by Gasteiger charge is -2.16. The summed E-state index contributed by atoms with van der Waals surface area (Å²) in [5.41, 5.74) is 0. The van der Waals surface area contributed by atoms with Crippen molar-refractivity contribution in [2.45, 2.75) is 39.2 Å². The molecule has 0 aliphatic rings. The molecule has 0 rings (SSSR count).